The van der Waals surface area contributed by atoms with Crippen molar-refractivity contribution >= 4 is 46.0 Å². The predicted molar refractivity (Wildman–Crippen MR) is 130 cm³/mol. The van der Waals surface area contributed by atoms with E-state index in [0.717, 1.165) is 26.0 Å². The molecule has 0 aliphatic carbocycles. The molecule has 0 bridgehead atoms. The zero-order valence-electron chi connectivity index (χ0n) is 17.8. The number of nitrogens with one attached hydrogen (secondary N) is 1. The Morgan fingerprint density at radius 1 is 1.09 bits per heavy atom. The molecule has 0 saturated heterocycles. The zero-order valence-corrected chi connectivity index (χ0v) is 19.4. The lowest BCUT2D eigenvalue weighted by Gasteiger charge is -2.18. The Kier molecular flexibility index (Phi) is 6.20. The summed E-state index contributed by atoms with van der Waals surface area (Å²) in [5.74, 6) is -0.675. The molecule has 9 heteroatoms. The van der Waals surface area contributed by atoms with Gasteiger partial charge in [-0.15, -0.1) is 22.7 Å². The number of thiazole rings is 1. The van der Waals surface area contributed by atoms with Gasteiger partial charge in [0.25, 0.3) is 5.91 Å². The molecular weight excluding hydrogens is 472 g/mol. The van der Waals surface area contributed by atoms with Crippen LogP contribution in [0.3, 0.4) is 0 Å². The van der Waals surface area contributed by atoms with E-state index in [9.17, 15) is 14.4 Å². The van der Waals surface area contributed by atoms with Gasteiger partial charge >= 0.3 is 5.97 Å². The van der Waals surface area contributed by atoms with E-state index < -0.39 is 12.6 Å². The van der Waals surface area contributed by atoms with Crippen LogP contribution in [0, 0.1) is 0 Å². The molecule has 0 atom stereocenters. The normalized spacial score (nSPS) is 12.4. The molecule has 2 aromatic heterocycles. The van der Waals surface area contributed by atoms with Crippen LogP contribution in [0.5, 0.6) is 5.75 Å². The van der Waals surface area contributed by atoms with E-state index in [0.29, 0.717) is 17.0 Å². The van der Waals surface area contributed by atoms with Crippen molar-refractivity contribution in [3.63, 3.8) is 0 Å². The molecule has 0 fully saturated rings. The fourth-order valence-electron chi connectivity index (χ4n) is 3.45. The van der Waals surface area contributed by atoms with Crippen LogP contribution in [0.25, 0.3) is 21.1 Å². The van der Waals surface area contributed by atoms with Crippen LogP contribution >= 0.6 is 22.7 Å². The number of benzene rings is 2. The lowest BCUT2D eigenvalue weighted by atomic mass is 10.1. The minimum absolute atomic E-state index is 0.0130. The van der Waals surface area contributed by atoms with Crippen molar-refractivity contribution in [1.82, 2.24) is 4.98 Å². The number of aromatic nitrogens is 1. The van der Waals surface area contributed by atoms with E-state index in [1.54, 1.807) is 23.5 Å². The van der Waals surface area contributed by atoms with Gasteiger partial charge in [0, 0.05) is 16.0 Å². The van der Waals surface area contributed by atoms with Crippen molar-refractivity contribution in [2.24, 2.45) is 0 Å². The smallest absolute Gasteiger partial charge is 0.311 e. The molecule has 5 rings (SSSR count). The molecule has 170 valence electrons. The maximum atomic E-state index is 12.6. The molecule has 7 nitrogen and oxygen atoms in total. The van der Waals surface area contributed by atoms with Gasteiger partial charge in [0.1, 0.15) is 10.8 Å². The Bertz CT molecular complexity index is 1360. The molecule has 0 saturated carbocycles. The van der Waals surface area contributed by atoms with Crippen LogP contribution in [0.15, 0.2) is 66.0 Å². The monoisotopic (exact) mass is 490 g/mol. The Morgan fingerprint density at radius 2 is 1.94 bits per heavy atom. The van der Waals surface area contributed by atoms with E-state index >= 15 is 0 Å². The number of carbonyl (C=O) groups is 3. The number of anilines is 1. The van der Waals surface area contributed by atoms with Crippen LogP contribution in [0.1, 0.15) is 15.2 Å². The molecule has 34 heavy (non-hydrogen) atoms. The van der Waals surface area contributed by atoms with Crippen molar-refractivity contribution in [1.29, 1.82) is 0 Å². The van der Waals surface area contributed by atoms with Crippen LogP contribution in [0.4, 0.5) is 5.69 Å². The fourth-order valence-corrected chi connectivity index (χ4v) is 5.32. The third-order valence-corrected chi connectivity index (χ3v) is 7.06. The summed E-state index contributed by atoms with van der Waals surface area (Å²) in [6.07, 6.45) is 0.0130. The number of thiophene rings is 1. The van der Waals surface area contributed by atoms with Gasteiger partial charge in [0.05, 0.1) is 22.7 Å². The van der Waals surface area contributed by atoms with Crippen molar-refractivity contribution in [2.45, 2.75) is 6.42 Å². The number of esters is 1. The Morgan fingerprint density at radius 3 is 2.74 bits per heavy atom. The molecule has 3 heterocycles. The maximum Gasteiger partial charge on any atom is 0.311 e. The summed E-state index contributed by atoms with van der Waals surface area (Å²) in [6, 6.07) is 18.4. The lowest BCUT2D eigenvalue weighted by Crippen LogP contribution is -2.25. The summed E-state index contributed by atoms with van der Waals surface area (Å²) >= 11 is 2.99. The molecule has 0 unspecified atom stereocenters. The van der Waals surface area contributed by atoms with Gasteiger partial charge < -0.3 is 14.8 Å². The maximum absolute atomic E-state index is 12.6. The quantitative estimate of drug-likeness (QED) is 0.294. The van der Waals surface area contributed by atoms with E-state index in [4.69, 9.17) is 14.5 Å². The van der Waals surface area contributed by atoms with Crippen molar-refractivity contribution in [3.8, 4) is 26.9 Å². The highest BCUT2D eigenvalue weighted by Crippen LogP contribution is 2.36. The number of rotatable bonds is 7. The van der Waals surface area contributed by atoms with E-state index in [1.165, 1.54) is 17.4 Å². The molecule has 1 aliphatic rings. The number of carbonyl (C=O) groups excluding carboxylic acids is 3. The molecule has 0 radical (unpaired) electrons. The van der Waals surface area contributed by atoms with Gasteiger partial charge in [0.2, 0.25) is 0 Å². The molecular formula is C25H18N2O5S2. The van der Waals surface area contributed by atoms with E-state index in [2.05, 4.69) is 5.32 Å². The summed E-state index contributed by atoms with van der Waals surface area (Å²) < 4.78 is 10.6. The van der Waals surface area contributed by atoms with Gasteiger partial charge in [-0.2, -0.15) is 0 Å². The number of hydrogen-bond donors (Lipinski definition) is 1. The SMILES string of the molecule is O=C1COc2ccc(C(=O)COC(=O)Cc3sc(-c4ccccc4)nc3-c3cccs3)cc2N1. The van der Waals surface area contributed by atoms with Crippen molar-refractivity contribution in [2.75, 3.05) is 18.5 Å². The highest BCUT2D eigenvalue weighted by molar-refractivity contribution is 7.17. The minimum atomic E-state index is -0.510. The van der Waals surface area contributed by atoms with Crippen LogP contribution < -0.4 is 10.1 Å². The van der Waals surface area contributed by atoms with E-state index in [-0.39, 0.29) is 24.7 Å². The summed E-state index contributed by atoms with van der Waals surface area (Å²) in [7, 11) is 0. The van der Waals surface area contributed by atoms with Crippen molar-refractivity contribution in [3.05, 3.63) is 76.5 Å². The third kappa shape index (κ3) is 4.75. The number of ether oxygens (including phenoxy) is 2. The lowest BCUT2D eigenvalue weighted by molar-refractivity contribution is -0.141. The van der Waals surface area contributed by atoms with Gasteiger partial charge in [0.15, 0.2) is 19.0 Å². The number of nitrogens with zero attached hydrogens (tertiary/aromatic N) is 1. The standard InChI is InChI=1S/C25H18N2O5S2/c28-18(16-8-9-19-17(11-16)26-22(29)14-31-19)13-32-23(30)12-21-24(20-7-4-10-33-20)27-25(34-21)15-5-2-1-3-6-15/h1-11H,12-14H2,(H,26,29). The second-order valence-corrected chi connectivity index (χ2v) is 9.47. The van der Waals surface area contributed by atoms with Crippen LogP contribution in [-0.2, 0) is 20.7 Å². The summed E-state index contributed by atoms with van der Waals surface area (Å²) in [4.78, 5) is 43.2. The first-order valence-corrected chi connectivity index (χ1v) is 12.1. The molecule has 4 aromatic rings. The highest BCUT2D eigenvalue weighted by atomic mass is 32.1. The Hall–Kier alpha value is -3.82. The topological polar surface area (TPSA) is 94.6 Å². The summed E-state index contributed by atoms with van der Waals surface area (Å²) in [6.45, 7) is -0.458. The molecule has 2 aromatic carbocycles. The first-order valence-electron chi connectivity index (χ1n) is 10.4. The molecule has 1 aliphatic heterocycles. The Balaban J connectivity index is 1.28. The largest absolute Gasteiger partial charge is 0.482 e. The van der Waals surface area contributed by atoms with E-state index in [1.807, 2.05) is 47.8 Å². The number of ketones is 1. The first kappa shape index (κ1) is 22.0. The second kappa shape index (κ2) is 9.58. The van der Waals surface area contributed by atoms with Crippen LogP contribution in [0.2, 0.25) is 0 Å². The van der Waals surface area contributed by atoms with Crippen molar-refractivity contribution < 1.29 is 23.9 Å². The summed E-state index contributed by atoms with van der Waals surface area (Å²) in [5.41, 5.74) is 2.48. The highest BCUT2D eigenvalue weighted by Gasteiger charge is 2.21. The number of amides is 1. The van der Waals surface area contributed by atoms with Gasteiger partial charge in [-0.1, -0.05) is 36.4 Å². The van der Waals surface area contributed by atoms with Gasteiger partial charge in [-0.25, -0.2) is 4.98 Å². The van der Waals surface area contributed by atoms with Gasteiger partial charge in [-0.3, -0.25) is 14.4 Å². The molecule has 1 N–H and O–H groups in total. The third-order valence-electron chi connectivity index (χ3n) is 5.08. The summed E-state index contributed by atoms with van der Waals surface area (Å²) in [5, 5.41) is 5.44. The predicted octanol–water partition coefficient (Wildman–Crippen LogP) is 4.84. The number of Topliss-reactive ketones (excluding diaryl/α,β-unsaturated/α-hetero) is 1. The average Bonchev–Trinajstić information content (AvgIpc) is 3.53. The molecule has 0 spiro atoms. The second-order valence-electron chi connectivity index (χ2n) is 7.44. The average molecular weight is 491 g/mol. The zero-order chi connectivity index (χ0) is 23.5. The Labute approximate surface area is 203 Å². The van der Waals surface area contributed by atoms with Gasteiger partial charge in [-0.05, 0) is 29.6 Å². The fraction of sp³-hybridized carbons (Fsp3) is 0.120. The number of hydrogen-bond acceptors (Lipinski definition) is 8. The molecule has 1 amide bonds. The minimum Gasteiger partial charge on any atom is -0.482 e. The van der Waals surface area contributed by atoms with Crippen LogP contribution in [-0.4, -0.2) is 35.9 Å². The number of fused-ring (bicyclic) bond motifs is 1. The first-order chi connectivity index (χ1) is 16.6.